The Morgan fingerprint density at radius 1 is 1.29 bits per heavy atom. The van der Waals surface area contributed by atoms with Gasteiger partial charge in [0.05, 0.1) is 19.3 Å². The van der Waals surface area contributed by atoms with Crippen molar-refractivity contribution in [2.75, 3.05) is 32.8 Å². The van der Waals surface area contributed by atoms with Gasteiger partial charge in [0.25, 0.3) is 0 Å². The summed E-state index contributed by atoms with van der Waals surface area (Å²) in [6.07, 6.45) is 0. The predicted molar refractivity (Wildman–Crippen MR) is 59.5 cm³/mol. The molecule has 0 spiro atoms. The van der Waals surface area contributed by atoms with Gasteiger partial charge in [-0.3, -0.25) is 10.6 Å². The SMILES string of the molecule is [NH]CC(c1cc(F)ccc1F)N1CCOCC1. The minimum Gasteiger partial charge on any atom is -0.379 e. The lowest BCUT2D eigenvalue weighted by Crippen LogP contribution is -2.41. The first-order valence-electron chi connectivity index (χ1n) is 5.63. The van der Waals surface area contributed by atoms with E-state index in [0.29, 0.717) is 26.3 Å². The molecule has 1 aliphatic heterocycles. The quantitative estimate of drug-likeness (QED) is 0.806. The van der Waals surface area contributed by atoms with Gasteiger partial charge < -0.3 is 4.74 Å². The third kappa shape index (κ3) is 2.80. The van der Waals surface area contributed by atoms with Crippen LogP contribution in [-0.4, -0.2) is 37.7 Å². The highest BCUT2D eigenvalue weighted by Gasteiger charge is 2.24. The van der Waals surface area contributed by atoms with E-state index >= 15 is 0 Å². The molecular formula is C12H15F2N2O. The number of nitrogens with one attached hydrogen (secondary N) is 1. The molecule has 1 radical (unpaired) electrons. The highest BCUT2D eigenvalue weighted by atomic mass is 19.1. The van der Waals surface area contributed by atoms with E-state index in [1.807, 2.05) is 4.90 Å². The number of benzene rings is 1. The largest absolute Gasteiger partial charge is 0.379 e. The van der Waals surface area contributed by atoms with Crippen molar-refractivity contribution in [3.05, 3.63) is 35.4 Å². The summed E-state index contributed by atoms with van der Waals surface area (Å²) in [5.41, 5.74) is 7.79. The Kier molecular flexibility index (Phi) is 4.04. The fourth-order valence-electron chi connectivity index (χ4n) is 2.09. The Morgan fingerprint density at radius 2 is 2.00 bits per heavy atom. The van der Waals surface area contributed by atoms with Crippen molar-refractivity contribution in [2.24, 2.45) is 0 Å². The number of ether oxygens (including phenoxy) is 1. The van der Waals surface area contributed by atoms with Crippen LogP contribution in [0.2, 0.25) is 0 Å². The van der Waals surface area contributed by atoms with Crippen molar-refractivity contribution >= 4 is 0 Å². The van der Waals surface area contributed by atoms with E-state index in [2.05, 4.69) is 0 Å². The Hall–Kier alpha value is -1.04. The molecule has 1 N–H and O–H groups in total. The lowest BCUT2D eigenvalue weighted by molar-refractivity contribution is 0.0168. The van der Waals surface area contributed by atoms with Gasteiger partial charge in [-0.1, -0.05) is 0 Å². The molecule has 1 atom stereocenters. The van der Waals surface area contributed by atoms with E-state index in [1.54, 1.807) is 0 Å². The third-order valence-electron chi connectivity index (χ3n) is 3.00. The van der Waals surface area contributed by atoms with Gasteiger partial charge in [-0.15, -0.1) is 0 Å². The summed E-state index contributed by atoms with van der Waals surface area (Å²) in [4.78, 5) is 1.97. The Balaban J connectivity index is 2.24. The second-order valence-electron chi connectivity index (χ2n) is 4.03. The monoisotopic (exact) mass is 241 g/mol. The fourth-order valence-corrected chi connectivity index (χ4v) is 2.09. The van der Waals surface area contributed by atoms with Crippen LogP contribution < -0.4 is 5.73 Å². The first kappa shape index (κ1) is 12.4. The maximum Gasteiger partial charge on any atom is 0.128 e. The molecule has 1 heterocycles. The molecule has 17 heavy (non-hydrogen) atoms. The maximum absolute atomic E-state index is 13.7. The van der Waals surface area contributed by atoms with Crippen LogP contribution in [0.1, 0.15) is 11.6 Å². The van der Waals surface area contributed by atoms with Crippen molar-refractivity contribution in [2.45, 2.75) is 6.04 Å². The maximum atomic E-state index is 13.7. The van der Waals surface area contributed by atoms with Crippen LogP contribution in [-0.2, 0) is 4.74 Å². The molecule has 3 nitrogen and oxygen atoms in total. The van der Waals surface area contributed by atoms with Crippen LogP contribution >= 0.6 is 0 Å². The van der Waals surface area contributed by atoms with Gasteiger partial charge in [0.15, 0.2) is 0 Å². The minimum absolute atomic E-state index is 0.0143. The van der Waals surface area contributed by atoms with E-state index < -0.39 is 17.7 Å². The summed E-state index contributed by atoms with van der Waals surface area (Å²) < 4.78 is 32.0. The predicted octanol–water partition coefficient (Wildman–Crippen LogP) is 1.62. The standard InChI is InChI=1S/C12H15F2N2O/c13-9-1-2-11(14)10(7-9)12(8-15)16-3-5-17-6-4-16/h1-2,7,12,15H,3-6,8H2. The van der Waals surface area contributed by atoms with Gasteiger partial charge in [0.1, 0.15) is 11.6 Å². The molecule has 1 unspecified atom stereocenters. The average molecular weight is 241 g/mol. The molecule has 0 aliphatic carbocycles. The molecule has 0 aromatic heterocycles. The van der Waals surface area contributed by atoms with Gasteiger partial charge in [0.2, 0.25) is 0 Å². The van der Waals surface area contributed by atoms with Crippen molar-refractivity contribution in [1.82, 2.24) is 10.6 Å². The molecule has 1 aromatic carbocycles. The van der Waals surface area contributed by atoms with Gasteiger partial charge >= 0.3 is 0 Å². The smallest absolute Gasteiger partial charge is 0.128 e. The fraction of sp³-hybridized carbons (Fsp3) is 0.500. The average Bonchev–Trinajstić information content (AvgIpc) is 2.36. The molecule has 1 aromatic rings. The molecule has 93 valence electrons. The molecule has 0 amide bonds. The molecule has 5 heteroatoms. The van der Waals surface area contributed by atoms with Crippen molar-refractivity contribution in [3.8, 4) is 0 Å². The molecule has 1 aliphatic rings. The zero-order chi connectivity index (χ0) is 12.3. The molecule has 2 rings (SSSR count). The summed E-state index contributed by atoms with van der Waals surface area (Å²) >= 11 is 0. The third-order valence-corrected chi connectivity index (χ3v) is 3.00. The van der Waals surface area contributed by atoms with Gasteiger partial charge in [-0.05, 0) is 18.2 Å². The molecular weight excluding hydrogens is 226 g/mol. The first-order valence-corrected chi connectivity index (χ1v) is 5.63. The highest BCUT2D eigenvalue weighted by molar-refractivity contribution is 5.23. The zero-order valence-corrected chi connectivity index (χ0v) is 9.46. The highest BCUT2D eigenvalue weighted by Crippen LogP contribution is 2.24. The number of morpholine rings is 1. The first-order chi connectivity index (χ1) is 8.22. The summed E-state index contributed by atoms with van der Waals surface area (Å²) in [6.45, 7) is 2.47. The number of nitrogens with zero attached hydrogens (tertiary/aromatic N) is 1. The van der Waals surface area contributed by atoms with Crippen LogP contribution in [0.3, 0.4) is 0 Å². The van der Waals surface area contributed by atoms with Crippen LogP contribution in [0.5, 0.6) is 0 Å². The van der Waals surface area contributed by atoms with Crippen molar-refractivity contribution in [1.29, 1.82) is 0 Å². The lowest BCUT2D eigenvalue weighted by atomic mass is 10.0. The summed E-state index contributed by atoms with van der Waals surface area (Å²) in [7, 11) is 0. The topological polar surface area (TPSA) is 36.3 Å². The minimum atomic E-state index is -0.465. The van der Waals surface area contributed by atoms with E-state index in [9.17, 15) is 8.78 Å². The van der Waals surface area contributed by atoms with Gasteiger partial charge in [-0.25, -0.2) is 8.78 Å². The number of halogens is 2. The Morgan fingerprint density at radius 3 is 2.65 bits per heavy atom. The zero-order valence-electron chi connectivity index (χ0n) is 9.46. The Labute approximate surface area is 99.2 Å². The van der Waals surface area contributed by atoms with E-state index in [1.165, 1.54) is 6.07 Å². The van der Waals surface area contributed by atoms with E-state index in [0.717, 1.165) is 12.1 Å². The van der Waals surface area contributed by atoms with Crippen LogP contribution in [0.25, 0.3) is 0 Å². The van der Waals surface area contributed by atoms with Crippen molar-refractivity contribution in [3.63, 3.8) is 0 Å². The normalized spacial score (nSPS) is 19.2. The Bertz CT molecular complexity index is 381. The molecule has 0 bridgehead atoms. The van der Waals surface area contributed by atoms with Crippen molar-refractivity contribution < 1.29 is 13.5 Å². The second-order valence-corrected chi connectivity index (χ2v) is 4.03. The summed E-state index contributed by atoms with van der Waals surface area (Å²) in [5.74, 6) is -0.914. The lowest BCUT2D eigenvalue weighted by Gasteiger charge is -2.33. The second kappa shape index (κ2) is 5.53. The number of hydrogen-bond donors (Lipinski definition) is 0. The van der Waals surface area contributed by atoms with E-state index in [4.69, 9.17) is 10.5 Å². The number of hydrogen-bond acceptors (Lipinski definition) is 2. The molecule has 1 saturated heterocycles. The van der Waals surface area contributed by atoms with Crippen LogP contribution in [0, 0.1) is 11.6 Å². The molecule has 0 saturated carbocycles. The number of rotatable bonds is 3. The van der Waals surface area contributed by atoms with E-state index in [-0.39, 0.29) is 12.1 Å². The summed E-state index contributed by atoms with van der Waals surface area (Å²) in [6, 6.07) is 3.01. The molecule has 1 fully saturated rings. The van der Waals surface area contributed by atoms with Gasteiger partial charge in [-0.2, -0.15) is 0 Å². The summed E-state index contributed by atoms with van der Waals surface area (Å²) in [5, 5.41) is 0. The van der Waals surface area contributed by atoms with Crippen LogP contribution in [0.15, 0.2) is 18.2 Å². The van der Waals surface area contributed by atoms with Gasteiger partial charge in [0, 0.05) is 25.2 Å². The van der Waals surface area contributed by atoms with Crippen LogP contribution in [0.4, 0.5) is 8.78 Å².